The zero-order valence-electron chi connectivity index (χ0n) is 10.00. The molecule has 0 nitrogen and oxygen atoms in total. The van der Waals surface area contributed by atoms with E-state index < -0.39 is 0 Å². The average Bonchev–Trinajstić information content (AvgIpc) is 3.00. The van der Waals surface area contributed by atoms with Crippen LogP contribution in [-0.2, 0) is 0 Å². The Kier molecular flexibility index (Phi) is 1.49. The van der Waals surface area contributed by atoms with Crippen LogP contribution >= 0.6 is 0 Å². The van der Waals surface area contributed by atoms with Crippen LogP contribution < -0.4 is 0 Å². The summed E-state index contributed by atoms with van der Waals surface area (Å²) in [6, 6.07) is 0. The molecule has 4 aliphatic rings. The Bertz CT molecular complexity index is 322. The van der Waals surface area contributed by atoms with Crippen molar-refractivity contribution in [1.82, 2.24) is 0 Å². The van der Waals surface area contributed by atoms with Crippen molar-refractivity contribution in [2.75, 3.05) is 0 Å². The third-order valence-electron chi connectivity index (χ3n) is 5.82. The van der Waals surface area contributed by atoms with Gasteiger partial charge in [-0.25, -0.2) is 0 Å². The Labute approximate surface area is 93.1 Å². The van der Waals surface area contributed by atoms with Crippen LogP contribution in [0, 0.1) is 35.0 Å². The molecule has 15 heavy (non-hydrogen) atoms. The highest BCUT2D eigenvalue weighted by molar-refractivity contribution is 5.44. The molecule has 0 saturated heterocycles. The highest BCUT2D eigenvalue weighted by Crippen LogP contribution is 2.93. The van der Waals surface area contributed by atoms with Gasteiger partial charge in [0.1, 0.15) is 0 Å². The highest BCUT2D eigenvalue weighted by Gasteiger charge is 2.87. The average molecular weight is 202 g/mol. The van der Waals surface area contributed by atoms with Crippen molar-refractivity contribution >= 4 is 0 Å². The van der Waals surface area contributed by atoms with E-state index in [-0.39, 0.29) is 0 Å². The molecule has 0 aromatic carbocycles. The van der Waals surface area contributed by atoms with Gasteiger partial charge in [0.25, 0.3) is 0 Å². The first kappa shape index (κ1) is 8.84. The first-order valence-electron chi connectivity index (χ1n) is 6.99. The fraction of sp³-hybridized carbons (Fsp3) is 0.867. The lowest BCUT2D eigenvalue weighted by atomic mass is 9.77. The molecule has 4 aliphatic carbocycles. The summed E-state index contributed by atoms with van der Waals surface area (Å²) in [5.41, 5.74) is 2.61. The Morgan fingerprint density at radius 3 is 2.40 bits per heavy atom. The maximum absolute atomic E-state index is 2.59. The van der Waals surface area contributed by atoms with Crippen LogP contribution in [0.15, 0.2) is 11.6 Å². The smallest absolute Gasteiger partial charge is 0.000543 e. The van der Waals surface area contributed by atoms with Gasteiger partial charge in [-0.05, 0) is 55.8 Å². The molecule has 0 amide bonds. The van der Waals surface area contributed by atoms with Crippen molar-refractivity contribution in [3.63, 3.8) is 0 Å². The predicted molar refractivity (Wildman–Crippen MR) is 62.4 cm³/mol. The third kappa shape index (κ3) is 0.946. The number of hydrogen-bond acceptors (Lipinski definition) is 0. The molecule has 0 N–H and O–H groups in total. The monoisotopic (exact) mass is 202 g/mol. The van der Waals surface area contributed by atoms with E-state index in [1.54, 1.807) is 18.4 Å². The fourth-order valence-corrected chi connectivity index (χ4v) is 4.52. The Balaban J connectivity index is 1.48. The van der Waals surface area contributed by atoms with Crippen LogP contribution in [0.2, 0.25) is 0 Å². The Hall–Kier alpha value is -0.260. The normalized spacial score (nSPS) is 58.3. The number of fused-ring (bicyclic) bond motifs is 2. The minimum atomic E-state index is 0.807. The van der Waals surface area contributed by atoms with Crippen molar-refractivity contribution in [1.29, 1.82) is 0 Å². The lowest BCUT2D eigenvalue weighted by molar-refractivity contribution is 0.313. The molecule has 4 rings (SSSR count). The standard InChI is InChI=1S/C15H22/c1-3-4-5-6-9(2)15(12-8-13(12)15)14-10-7-11(10)14/h6,10-14H,3-5,7-8H2,1-2H3. The molecule has 82 valence electrons. The van der Waals surface area contributed by atoms with Gasteiger partial charge in [0.05, 0.1) is 0 Å². The number of unbranched alkanes of at least 4 members (excludes halogenated alkanes) is 2. The van der Waals surface area contributed by atoms with E-state index in [0.717, 1.165) is 17.3 Å². The minimum Gasteiger partial charge on any atom is -0.0850 e. The van der Waals surface area contributed by atoms with E-state index in [2.05, 4.69) is 19.9 Å². The van der Waals surface area contributed by atoms with Gasteiger partial charge in [0.15, 0.2) is 0 Å². The summed E-state index contributed by atoms with van der Waals surface area (Å²) in [7, 11) is 0. The first-order chi connectivity index (χ1) is 7.31. The van der Waals surface area contributed by atoms with Gasteiger partial charge in [-0.1, -0.05) is 31.4 Å². The van der Waals surface area contributed by atoms with E-state index in [4.69, 9.17) is 0 Å². The molecular weight excluding hydrogens is 180 g/mol. The molecular formula is C15H22. The van der Waals surface area contributed by atoms with Crippen molar-refractivity contribution in [3.05, 3.63) is 11.6 Å². The van der Waals surface area contributed by atoms with Gasteiger partial charge in [-0.3, -0.25) is 0 Å². The van der Waals surface area contributed by atoms with Crippen LogP contribution in [0.3, 0.4) is 0 Å². The maximum Gasteiger partial charge on any atom is 0.000543 e. The van der Waals surface area contributed by atoms with Crippen LogP contribution in [0.4, 0.5) is 0 Å². The second-order valence-corrected chi connectivity index (χ2v) is 6.50. The van der Waals surface area contributed by atoms with Gasteiger partial charge in [0.2, 0.25) is 0 Å². The second kappa shape index (κ2) is 2.52. The lowest BCUT2D eigenvalue weighted by Crippen LogP contribution is -2.20. The van der Waals surface area contributed by atoms with Crippen molar-refractivity contribution < 1.29 is 0 Å². The van der Waals surface area contributed by atoms with E-state index in [0.29, 0.717) is 0 Å². The number of hydrogen-bond donors (Lipinski definition) is 0. The molecule has 0 aromatic heterocycles. The predicted octanol–water partition coefficient (Wildman–Crippen LogP) is 4.02. The van der Waals surface area contributed by atoms with Gasteiger partial charge in [-0.2, -0.15) is 0 Å². The maximum atomic E-state index is 2.59. The van der Waals surface area contributed by atoms with Gasteiger partial charge in [-0.15, -0.1) is 0 Å². The summed E-state index contributed by atoms with van der Waals surface area (Å²) in [4.78, 5) is 0. The minimum absolute atomic E-state index is 0.807. The molecule has 4 atom stereocenters. The molecule has 0 aromatic rings. The van der Waals surface area contributed by atoms with E-state index in [1.807, 2.05) is 0 Å². The molecule has 0 heteroatoms. The molecule has 4 fully saturated rings. The Morgan fingerprint density at radius 2 is 2.00 bits per heavy atom. The Morgan fingerprint density at radius 1 is 1.27 bits per heavy atom. The molecule has 0 bridgehead atoms. The van der Waals surface area contributed by atoms with Gasteiger partial charge < -0.3 is 0 Å². The molecule has 4 unspecified atom stereocenters. The van der Waals surface area contributed by atoms with Crippen LogP contribution in [0.5, 0.6) is 0 Å². The second-order valence-electron chi connectivity index (χ2n) is 6.50. The number of allylic oxidation sites excluding steroid dienone is 2. The zero-order chi connectivity index (χ0) is 10.2. The topological polar surface area (TPSA) is 0 Å². The van der Waals surface area contributed by atoms with E-state index >= 15 is 0 Å². The largest absolute Gasteiger partial charge is 0.0850 e. The first-order valence-corrected chi connectivity index (χ1v) is 6.99. The van der Waals surface area contributed by atoms with Crippen LogP contribution in [0.25, 0.3) is 0 Å². The van der Waals surface area contributed by atoms with Crippen molar-refractivity contribution in [3.8, 4) is 0 Å². The van der Waals surface area contributed by atoms with Gasteiger partial charge >= 0.3 is 0 Å². The van der Waals surface area contributed by atoms with E-state index in [9.17, 15) is 0 Å². The summed E-state index contributed by atoms with van der Waals surface area (Å²) >= 11 is 0. The van der Waals surface area contributed by atoms with Crippen molar-refractivity contribution in [2.45, 2.75) is 46.0 Å². The number of rotatable bonds is 5. The summed E-state index contributed by atoms with van der Waals surface area (Å²) in [5.74, 6) is 5.90. The zero-order valence-corrected chi connectivity index (χ0v) is 10.00. The summed E-state index contributed by atoms with van der Waals surface area (Å²) in [6.07, 6.45) is 9.83. The summed E-state index contributed by atoms with van der Waals surface area (Å²) in [6.45, 7) is 4.74. The highest BCUT2D eigenvalue weighted by atomic mass is 14.9. The summed E-state index contributed by atoms with van der Waals surface area (Å²) in [5, 5.41) is 0. The van der Waals surface area contributed by atoms with E-state index in [1.165, 1.54) is 37.0 Å². The molecule has 4 saturated carbocycles. The summed E-state index contributed by atoms with van der Waals surface area (Å²) < 4.78 is 0. The SMILES string of the molecule is CCCCC=C(C)C1(C2C3CC32)C2CC21. The molecule has 0 radical (unpaired) electrons. The molecule has 0 aliphatic heterocycles. The van der Waals surface area contributed by atoms with Gasteiger partial charge in [0, 0.05) is 5.41 Å². The molecule has 0 spiro atoms. The van der Waals surface area contributed by atoms with Crippen LogP contribution in [0.1, 0.15) is 46.0 Å². The molecule has 0 heterocycles. The quantitative estimate of drug-likeness (QED) is 0.466. The third-order valence-corrected chi connectivity index (χ3v) is 5.82. The lowest BCUT2D eigenvalue weighted by Gasteiger charge is -2.27. The van der Waals surface area contributed by atoms with Crippen molar-refractivity contribution in [2.24, 2.45) is 35.0 Å². The fourth-order valence-electron chi connectivity index (χ4n) is 4.52. The van der Waals surface area contributed by atoms with Crippen LogP contribution in [-0.4, -0.2) is 0 Å².